The van der Waals surface area contributed by atoms with Crippen LogP contribution in [0.1, 0.15) is 46.5 Å². The fourth-order valence-electron chi connectivity index (χ4n) is 0.642. The van der Waals surface area contributed by atoms with Crippen LogP contribution in [0.15, 0.2) is 0 Å². The monoisotopic (exact) mass is 175 g/mol. The van der Waals surface area contributed by atoms with E-state index in [9.17, 15) is 4.79 Å². The van der Waals surface area contributed by atoms with E-state index in [1.54, 1.807) is 6.92 Å². The minimum Gasteiger partial charge on any atom is -0.450 e. The highest BCUT2D eigenvalue weighted by Gasteiger charge is 1.82. The third-order valence-electron chi connectivity index (χ3n) is 1.24. The molecule has 0 fully saturated rings. The van der Waals surface area contributed by atoms with E-state index in [4.69, 9.17) is 0 Å². The maximum absolute atomic E-state index is 9.60. The van der Waals surface area contributed by atoms with Crippen molar-refractivity contribution >= 4 is 6.09 Å². The van der Waals surface area contributed by atoms with E-state index >= 15 is 0 Å². The van der Waals surface area contributed by atoms with Crippen LogP contribution in [0.25, 0.3) is 0 Å². The van der Waals surface area contributed by atoms with Crippen LogP contribution in [0, 0.1) is 0 Å². The van der Waals surface area contributed by atoms with E-state index in [0.717, 1.165) is 0 Å². The number of amides is 1. The molecule has 0 saturated carbocycles. The van der Waals surface area contributed by atoms with Gasteiger partial charge in [-0.2, -0.15) is 0 Å². The van der Waals surface area contributed by atoms with Crippen LogP contribution in [0.3, 0.4) is 0 Å². The number of rotatable bonds is 4. The molecule has 0 saturated heterocycles. The standard InChI is InChI=1S/C6H14.C3H7NO2/c1-3-5-6-4-2;1-2-6-3(4)5/h3-6H2,1-2H3;2H2,1H3,(H2,4,5). The molecule has 3 heteroatoms. The number of ether oxygens (including phenoxy) is 1. The van der Waals surface area contributed by atoms with Gasteiger partial charge in [-0.3, -0.25) is 0 Å². The molecule has 0 rings (SSSR count). The van der Waals surface area contributed by atoms with Crippen molar-refractivity contribution in [2.45, 2.75) is 46.5 Å². The van der Waals surface area contributed by atoms with Gasteiger partial charge in [0.1, 0.15) is 0 Å². The Morgan fingerprint density at radius 1 is 1.17 bits per heavy atom. The van der Waals surface area contributed by atoms with E-state index < -0.39 is 6.09 Å². The molecule has 12 heavy (non-hydrogen) atoms. The van der Waals surface area contributed by atoms with Gasteiger partial charge in [0.05, 0.1) is 6.61 Å². The summed E-state index contributed by atoms with van der Waals surface area (Å²) in [6.07, 6.45) is 4.83. The Morgan fingerprint density at radius 3 is 1.67 bits per heavy atom. The number of hydrogen-bond acceptors (Lipinski definition) is 2. The van der Waals surface area contributed by atoms with Gasteiger partial charge in [-0.1, -0.05) is 39.5 Å². The lowest BCUT2D eigenvalue weighted by Gasteiger charge is -1.89. The smallest absolute Gasteiger partial charge is 0.404 e. The zero-order chi connectivity index (χ0) is 9.82. The van der Waals surface area contributed by atoms with Crippen LogP contribution in [0.4, 0.5) is 4.79 Å². The summed E-state index contributed by atoms with van der Waals surface area (Å²) in [6, 6.07) is 0. The summed E-state index contributed by atoms with van der Waals surface area (Å²) in [7, 11) is 0. The minimum absolute atomic E-state index is 0.356. The Morgan fingerprint density at radius 2 is 1.58 bits per heavy atom. The molecule has 0 aromatic heterocycles. The second kappa shape index (κ2) is 12.9. The summed E-state index contributed by atoms with van der Waals surface area (Å²) in [5.41, 5.74) is 4.54. The Hall–Kier alpha value is -0.730. The van der Waals surface area contributed by atoms with Gasteiger partial charge in [0.2, 0.25) is 0 Å². The molecule has 0 spiro atoms. The first-order chi connectivity index (χ1) is 5.68. The maximum atomic E-state index is 9.60. The maximum Gasteiger partial charge on any atom is 0.404 e. The fraction of sp³-hybridized carbons (Fsp3) is 0.889. The fourth-order valence-corrected chi connectivity index (χ4v) is 0.642. The lowest BCUT2D eigenvalue weighted by Crippen LogP contribution is -2.11. The molecule has 0 unspecified atom stereocenters. The van der Waals surface area contributed by atoms with Crippen LogP contribution in [-0.2, 0) is 4.74 Å². The normalized spacial score (nSPS) is 8.25. The second-order valence-electron chi connectivity index (χ2n) is 2.46. The Bertz CT molecular complexity index is 90.5. The van der Waals surface area contributed by atoms with Gasteiger partial charge in [0.15, 0.2) is 0 Å². The van der Waals surface area contributed by atoms with Gasteiger partial charge in [-0.05, 0) is 6.92 Å². The molecule has 74 valence electrons. The molecular weight excluding hydrogens is 154 g/mol. The van der Waals surface area contributed by atoms with E-state index in [1.807, 2.05) is 0 Å². The molecule has 0 radical (unpaired) electrons. The number of hydrogen-bond donors (Lipinski definition) is 1. The van der Waals surface area contributed by atoms with E-state index in [2.05, 4.69) is 24.3 Å². The zero-order valence-corrected chi connectivity index (χ0v) is 8.43. The first-order valence-electron chi connectivity index (χ1n) is 4.61. The Balaban J connectivity index is 0. The van der Waals surface area contributed by atoms with Crippen molar-refractivity contribution in [3.63, 3.8) is 0 Å². The molecule has 2 N–H and O–H groups in total. The number of carbonyl (C=O) groups is 1. The molecule has 0 heterocycles. The summed E-state index contributed by atoms with van der Waals surface area (Å²) in [6.45, 7) is 6.52. The van der Waals surface area contributed by atoms with Crippen molar-refractivity contribution in [3.8, 4) is 0 Å². The van der Waals surface area contributed by atoms with Gasteiger partial charge < -0.3 is 10.5 Å². The molecule has 1 amide bonds. The average molecular weight is 175 g/mol. The molecule has 0 bridgehead atoms. The molecule has 0 aliphatic rings. The van der Waals surface area contributed by atoms with Crippen LogP contribution < -0.4 is 5.73 Å². The highest BCUT2D eigenvalue weighted by molar-refractivity contribution is 5.64. The predicted molar refractivity (Wildman–Crippen MR) is 51.0 cm³/mol. The highest BCUT2D eigenvalue weighted by atomic mass is 16.5. The largest absolute Gasteiger partial charge is 0.450 e. The van der Waals surface area contributed by atoms with Crippen molar-refractivity contribution in [1.29, 1.82) is 0 Å². The lowest BCUT2D eigenvalue weighted by atomic mass is 10.2. The van der Waals surface area contributed by atoms with Crippen molar-refractivity contribution in [1.82, 2.24) is 0 Å². The summed E-state index contributed by atoms with van der Waals surface area (Å²) >= 11 is 0. The van der Waals surface area contributed by atoms with Crippen molar-refractivity contribution in [2.75, 3.05) is 6.61 Å². The Kier molecular flexibility index (Phi) is 14.9. The summed E-state index contributed by atoms with van der Waals surface area (Å²) < 4.78 is 4.18. The lowest BCUT2D eigenvalue weighted by molar-refractivity contribution is 0.163. The van der Waals surface area contributed by atoms with Crippen molar-refractivity contribution in [3.05, 3.63) is 0 Å². The van der Waals surface area contributed by atoms with Crippen LogP contribution in [0.5, 0.6) is 0 Å². The topological polar surface area (TPSA) is 52.3 Å². The summed E-state index contributed by atoms with van der Waals surface area (Å²) in [5, 5.41) is 0. The van der Waals surface area contributed by atoms with E-state index in [-0.39, 0.29) is 0 Å². The minimum atomic E-state index is -0.711. The zero-order valence-electron chi connectivity index (χ0n) is 8.43. The van der Waals surface area contributed by atoms with Gasteiger partial charge in [-0.15, -0.1) is 0 Å². The molecule has 0 aromatic rings. The van der Waals surface area contributed by atoms with Crippen LogP contribution in [0.2, 0.25) is 0 Å². The van der Waals surface area contributed by atoms with Crippen LogP contribution in [-0.4, -0.2) is 12.7 Å². The summed E-state index contributed by atoms with van der Waals surface area (Å²) in [5.74, 6) is 0. The summed E-state index contributed by atoms with van der Waals surface area (Å²) in [4.78, 5) is 9.60. The third-order valence-corrected chi connectivity index (χ3v) is 1.24. The average Bonchev–Trinajstić information content (AvgIpc) is 2.02. The van der Waals surface area contributed by atoms with Crippen LogP contribution >= 0.6 is 0 Å². The predicted octanol–water partition coefficient (Wildman–Crippen LogP) is 2.69. The first-order valence-corrected chi connectivity index (χ1v) is 4.61. The van der Waals surface area contributed by atoms with Gasteiger partial charge in [-0.25, -0.2) is 4.79 Å². The molecule has 0 aliphatic carbocycles. The molecular formula is C9H21NO2. The van der Waals surface area contributed by atoms with E-state index in [0.29, 0.717) is 6.61 Å². The second-order valence-corrected chi connectivity index (χ2v) is 2.46. The number of unbranched alkanes of at least 4 members (excludes halogenated alkanes) is 3. The number of nitrogens with two attached hydrogens (primary N) is 1. The molecule has 0 aliphatic heterocycles. The molecule has 3 nitrogen and oxygen atoms in total. The van der Waals surface area contributed by atoms with E-state index in [1.165, 1.54) is 25.7 Å². The Labute approximate surface area is 75.3 Å². The number of primary amides is 1. The quantitative estimate of drug-likeness (QED) is 0.668. The van der Waals surface area contributed by atoms with Crippen molar-refractivity contribution < 1.29 is 9.53 Å². The third kappa shape index (κ3) is 22.8. The SMILES string of the molecule is CCCCCC.CCOC(N)=O. The number of carbonyl (C=O) groups excluding carboxylic acids is 1. The highest BCUT2D eigenvalue weighted by Crippen LogP contribution is 1.95. The first kappa shape index (κ1) is 13.8. The molecule has 0 aromatic carbocycles. The van der Waals surface area contributed by atoms with Gasteiger partial charge in [0, 0.05) is 0 Å². The molecule has 0 atom stereocenters. The van der Waals surface area contributed by atoms with Crippen molar-refractivity contribution in [2.24, 2.45) is 5.73 Å². The van der Waals surface area contributed by atoms with Gasteiger partial charge in [0.25, 0.3) is 0 Å². The van der Waals surface area contributed by atoms with Gasteiger partial charge >= 0.3 is 6.09 Å².